The molecule has 1 heterocycles. The molecular formula is C14H11F2N3O. The van der Waals surface area contributed by atoms with Crippen molar-refractivity contribution >= 4 is 22.7 Å². The van der Waals surface area contributed by atoms with Gasteiger partial charge in [-0.15, -0.1) is 0 Å². The molecule has 0 aliphatic rings. The molecule has 1 aromatic heterocycles. The highest BCUT2D eigenvalue weighted by molar-refractivity contribution is 5.79. The standard InChI is InChI=1S/C14H11F2N3O/c1-20-9-3-5-11-13(7-9)19-14(17-11)18-12-6-8(15)2-4-10(12)16/h2-7H,1H3,(H2,17,18,19). The van der Waals surface area contributed by atoms with Gasteiger partial charge in [-0.05, 0) is 24.3 Å². The molecule has 0 fully saturated rings. The fourth-order valence-electron chi connectivity index (χ4n) is 1.90. The Bertz CT molecular complexity index is 770. The monoisotopic (exact) mass is 275 g/mol. The van der Waals surface area contributed by atoms with E-state index in [4.69, 9.17) is 4.74 Å². The summed E-state index contributed by atoms with van der Waals surface area (Å²) in [6.07, 6.45) is 0. The summed E-state index contributed by atoms with van der Waals surface area (Å²) in [5.74, 6) is -0.0569. The number of hydrogen-bond acceptors (Lipinski definition) is 3. The van der Waals surface area contributed by atoms with Crippen LogP contribution in [0.4, 0.5) is 20.4 Å². The molecule has 6 heteroatoms. The first-order valence-electron chi connectivity index (χ1n) is 5.91. The van der Waals surface area contributed by atoms with Crippen LogP contribution in [-0.4, -0.2) is 17.1 Å². The number of anilines is 2. The predicted molar refractivity (Wildman–Crippen MR) is 72.3 cm³/mol. The number of rotatable bonds is 3. The van der Waals surface area contributed by atoms with Crippen molar-refractivity contribution in [2.45, 2.75) is 0 Å². The average molecular weight is 275 g/mol. The van der Waals surface area contributed by atoms with Gasteiger partial charge in [-0.3, -0.25) is 0 Å². The van der Waals surface area contributed by atoms with Gasteiger partial charge in [-0.25, -0.2) is 13.8 Å². The van der Waals surface area contributed by atoms with Crippen LogP contribution in [-0.2, 0) is 0 Å². The van der Waals surface area contributed by atoms with E-state index in [1.54, 1.807) is 25.3 Å². The van der Waals surface area contributed by atoms with Gasteiger partial charge in [-0.1, -0.05) is 0 Å². The van der Waals surface area contributed by atoms with Gasteiger partial charge in [0, 0.05) is 12.1 Å². The molecule has 20 heavy (non-hydrogen) atoms. The summed E-state index contributed by atoms with van der Waals surface area (Å²) in [4.78, 5) is 7.22. The number of H-pyrrole nitrogens is 1. The number of aromatic amines is 1. The molecule has 3 aromatic rings. The Labute approximate surface area is 113 Å². The molecule has 2 N–H and O–H groups in total. The summed E-state index contributed by atoms with van der Waals surface area (Å²) in [7, 11) is 1.57. The molecule has 2 aromatic carbocycles. The molecule has 0 amide bonds. The van der Waals surface area contributed by atoms with Crippen LogP contribution in [0.5, 0.6) is 5.75 Å². The van der Waals surface area contributed by atoms with Crippen LogP contribution < -0.4 is 10.1 Å². The van der Waals surface area contributed by atoms with E-state index in [-0.39, 0.29) is 5.69 Å². The lowest BCUT2D eigenvalue weighted by Crippen LogP contribution is -1.96. The van der Waals surface area contributed by atoms with Crippen LogP contribution in [0, 0.1) is 11.6 Å². The van der Waals surface area contributed by atoms with Crippen molar-refractivity contribution < 1.29 is 13.5 Å². The zero-order valence-electron chi connectivity index (χ0n) is 10.6. The first kappa shape index (κ1) is 12.4. The van der Waals surface area contributed by atoms with Gasteiger partial charge in [0.15, 0.2) is 0 Å². The number of fused-ring (bicyclic) bond motifs is 1. The Balaban J connectivity index is 1.96. The van der Waals surface area contributed by atoms with Crippen LogP contribution in [0.25, 0.3) is 11.0 Å². The molecule has 0 saturated heterocycles. The zero-order valence-corrected chi connectivity index (χ0v) is 10.6. The third-order valence-electron chi connectivity index (χ3n) is 2.87. The largest absolute Gasteiger partial charge is 0.497 e. The van der Waals surface area contributed by atoms with E-state index in [0.717, 1.165) is 23.7 Å². The lowest BCUT2D eigenvalue weighted by Gasteiger charge is -2.03. The Morgan fingerprint density at radius 1 is 1.15 bits per heavy atom. The number of halogens is 2. The molecule has 0 spiro atoms. The molecule has 3 rings (SSSR count). The summed E-state index contributed by atoms with van der Waals surface area (Å²) in [6, 6.07) is 8.51. The van der Waals surface area contributed by atoms with Gasteiger partial charge in [-0.2, -0.15) is 0 Å². The molecule has 0 aliphatic carbocycles. The Kier molecular flexibility index (Phi) is 2.98. The topological polar surface area (TPSA) is 49.9 Å². The minimum atomic E-state index is -0.551. The first-order chi connectivity index (χ1) is 9.65. The number of ether oxygens (including phenoxy) is 1. The van der Waals surface area contributed by atoms with Crippen molar-refractivity contribution in [3.05, 3.63) is 48.0 Å². The highest BCUT2D eigenvalue weighted by atomic mass is 19.1. The van der Waals surface area contributed by atoms with E-state index in [1.807, 2.05) is 0 Å². The SMILES string of the molecule is COc1ccc2nc(Nc3cc(F)ccc3F)[nH]c2c1. The quantitative estimate of drug-likeness (QED) is 0.768. The van der Waals surface area contributed by atoms with Crippen molar-refractivity contribution in [3.63, 3.8) is 0 Å². The molecule has 0 bridgehead atoms. The maximum atomic E-state index is 13.5. The van der Waals surface area contributed by atoms with Crippen molar-refractivity contribution in [2.24, 2.45) is 0 Å². The van der Waals surface area contributed by atoms with Crippen LogP contribution >= 0.6 is 0 Å². The van der Waals surface area contributed by atoms with E-state index < -0.39 is 11.6 Å². The normalized spacial score (nSPS) is 10.8. The maximum absolute atomic E-state index is 13.5. The van der Waals surface area contributed by atoms with Crippen molar-refractivity contribution in [1.82, 2.24) is 9.97 Å². The van der Waals surface area contributed by atoms with Crippen LogP contribution in [0.15, 0.2) is 36.4 Å². The third kappa shape index (κ3) is 2.27. The van der Waals surface area contributed by atoms with Crippen molar-refractivity contribution in [3.8, 4) is 5.75 Å². The number of nitrogens with zero attached hydrogens (tertiary/aromatic N) is 1. The fourth-order valence-corrected chi connectivity index (χ4v) is 1.90. The second-order valence-electron chi connectivity index (χ2n) is 4.22. The van der Waals surface area contributed by atoms with Crippen LogP contribution in [0.1, 0.15) is 0 Å². The van der Waals surface area contributed by atoms with E-state index in [1.165, 1.54) is 0 Å². The highest BCUT2D eigenvalue weighted by Gasteiger charge is 2.08. The van der Waals surface area contributed by atoms with Crippen molar-refractivity contribution in [2.75, 3.05) is 12.4 Å². The lowest BCUT2D eigenvalue weighted by atomic mass is 10.3. The van der Waals surface area contributed by atoms with Gasteiger partial charge >= 0.3 is 0 Å². The summed E-state index contributed by atoms with van der Waals surface area (Å²) in [5.41, 5.74) is 1.46. The summed E-state index contributed by atoms with van der Waals surface area (Å²) in [5, 5.41) is 2.72. The average Bonchev–Trinajstić information content (AvgIpc) is 2.84. The van der Waals surface area contributed by atoms with E-state index in [9.17, 15) is 8.78 Å². The van der Waals surface area contributed by atoms with Gasteiger partial charge in [0.25, 0.3) is 0 Å². The summed E-state index contributed by atoms with van der Waals surface area (Å²) in [6.45, 7) is 0. The maximum Gasteiger partial charge on any atom is 0.205 e. The zero-order chi connectivity index (χ0) is 14.1. The number of nitrogens with one attached hydrogen (secondary N) is 2. The third-order valence-corrected chi connectivity index (χ3v) is 2.87. The smallest absolute Gasteiger partial charge is 0.205 e. The molecule has 0 radical (unpaired) electrons. The van der Waals surface area contributed by atoms with Gasteiger partial charge in [0.1, 0.15) is 17.4 Å². The Morgan fingerprint density at radius 3 is 2.80 bits per heavy atom. The molecule has 0 saturated carbocycles. The fraction of sp³-hybridized carbons (Fsp3) is 0.0714. The Hall–Kier alpha value is -2.63. The minimum absolute atomic E-state index is 0.0241. The summed E-state index contributed by atoms with van der Waals surface area (Å²) >= 11 is 0. The van der Waals surface area contributed by atoms with Crippen molar-refractivity contribution in [1.29, 1.82) is 0 Å². The van der Waals surface area contributed by atoms with Crippen LogP contribution in [0.3, 0.4) is 0 Å². The number of aromatic nitrogens is 2. The molecule has 0 unspecified atom stereocenters. The number of hydrogen-bond donors (Lipinski definition) is 2. The summed E-state index contributed by atoms with van der Waals surface area (Å²) < 4.78 is 31.7. The second-order valence-corrected chi connectivity index (χ2v) is 4.22. The van der Waals surface area contributed by atoms with E-state index in [0.29, 0.717) is 17.2 Å². The first-order valence-corrected chi connectivity index (χ1v) is 5.91. The number of methoxy groups -OCH3 is 1. The highest BCUT2D eigenvalue weighted by Crippen LogP contribution is 2.23. The molecule has 4 nitrogen and oxygen atoms in total. The molecule has 0 atom stereocenters. The van der Waals surface area contributed by atoms with Gasteiger partial charge < -0.3 is 15.0 Å². The van der Waals surface area contributed by atoms with Gasteiger partial charge in [0.05, 0.1) is 23.8 Å². The molecule has 102 valence electrons. The van der Waals surface area contributed by atoms with Gasteiger partial charge in [0.2, 0.25) is 5.95 Å². The van der Waals surface area contributed by atoms with E-state index in [2.05, 4.69) is 15.3 Å². The molecular weight excluding hydrogens is 264 g/mol. The number of imidazole rings is 1. The molecule has 0 aliphatic heterocycles. The Morgan fingerprint density at radius 2 is 2.00 bits per heavy atom. The lowest BCUT2D eigenvalue weighted by molar-refractivity contribution is 0.415. The van der Waals surface area contributed by atoms with Crippen LogP contribution in [0.2, 0.25) is 0 Å². The predicted octanol–water partition coefficient (Wildman–Crippen LogP) is 3.59. The van der Waals surface area contributed by atoms with E-state index >= 15 is 0 Å². The number of benzene rings is 2. The second kappa shape index (κ2) is 4.80. The minimum Gasteiger partial charge on any atom is -0.497 e.